The van der Waals surface area contributed by atoms with Crippen LogP contribution >= 0.6 is 0 Å². The van der Waals surface area contributed by atoms with Gasteiger partial charge in [0.05, 0.1) is 0 Å². The minimum Gasteiger partial charge on any atom is -0.507 e. The average Bonchev–Trinajstić information content (AvgIpc) is 2.52. The van der Waals surface area contributed by atoms with E-state index in [4.69, 9.17) is 10.2 Å². The summed E-state index contributed by atoms with van der Waals surface area (Å²) in [5.41, 5.74) is 1.54. The zero-order chi connectivity index (χ0) is 21.9. The number of phenols is 2. The Bertz CT molecular complexity index is 802. The summed E-state index contributed by atoms with van der Waals surface area (Å²) in [7, 11) is 0. The standard InChI is InChI=1S/2C11H14O3.Cu/c2*1-11(2,3)7-4-5-8(10(13)14)9(12)6-7;/h2*4-6,12H,1-3H3,(H,13,14);. The molecule has 6 nitrogen and oxygen atoms in total. The third kappa shape index (κ3) is 7.44. The van der Waals surface area contributed by atoms with E-state index in [9.17, 15) is 19.8 Å². The van der Waals surface area contributed by atoms with Crippen molar-refractivity contribution in [1.29, 1.82) is 0 Å². The SMILES string of the molecule is CC(C)(C)c1ccc(C(=O)O)c(O)c1.CC(C)(C)c1ccc(C(=O)O)c(O)c1.[Cu]. The van der Waals surface area contributed by atoms with Gasteiger partial charge in [0.2, 0.25) is 0 Å². The predicted octanol–water partition coefficient (Wildman–Crippen LogP) is 4.77. The van der Waals surface area contributed by atoms with Gasteiger partial charge in [-0.3, -0.25) is 0 Å². The first-order valence-electron chi connectivity index (χ1n) is 8.78. The summed E-state index contributed by atoms with van der Waals surface area (Å²) in [6.07, 6.45) is 0. The summed E-state index contributed by atoms with van der Waals surface area (Å²) in [5, 5.41) is 36.3. The van der Waals surface area contributed by atoms with Gasteiger partial charge in [-0.1, -0.05) is 53.7 Å². The third-order valence-corrected chi connectivity index (χ3v) is 4.19. The minimum absolute atomic E-state index is 0. The number of aromatic carboxylic acids is 2. The largest absolute Gasteiger partial charge is 0.507 e. The molecule has 0 fully saturated rings. The monoisotopic (exact) mass is 451 g/mol. The molecule has 7 heteroatoms. The quantitative estimate of drug-likeness (QED) is 0.488. The van der Waals surface area contributed by atoms with Gasteiger partial charge in [0.1, 0.15) is 22.6 Å². The number of carbonyl (C=O) groups is 2. The van der Waals surface area contributed by atoms with Crippen LogP contribution in [-0.4, -0.2) is 32.4 Å². The van der Waals surface area contributed by atoms with Crippen LogP contribution in [0.3, 0.4) is 0 Å². The van der Waals surface area contributed by atoms with Gasteiger partial charge >= 0.3 is 11.9 Å². The number of carboxylic acids is 2. The van der Waals surface area contributed by atoms with E-state index in [1.165, 1.54) is 24.3 Å². The van der Waals surface area contributed by atoms with Crippen molar-refractivity contribution in [3.05, 3.63) is 58.7 Å². The Hall–Kier alpha value is -2.50. The van der Waals surface area contributed by atoms with E-state index in [2.05, 4.69) is 0 Å². The number of aromatic hydroxyl groups is 2. The van der Waals surface area contributed by atoms with Crippen LogP contribution in [0.1, 0.15) is 73.4 Å². The van der Waals surface area contributed by atoms with Crippen molar-refractivity contribution in [2.75, 3.05) is 0 Å². The molecular weight excluding hydrogens is 424 g/mol. The molecule has 1 radical (unpaired) electrons. The molecule has 0 bridgehead atoms. The fraction of sp³-hybridized carbons (Fsp3) is 0.364. The van der Waals surface area contributed by atoms with Crippen LogP contribution in [0.4, 0.5) is 0 Å². The van der Waals surface area contributed by atoms with Crippen molar-refractivity contribution in [1.82, 2.24) is 0 Å². The zero-order valence-electron chi connectivity index (χ0n) is 17.4. The van der Waals surface area contributed by atoms with Crippen molar-refractivity contribution < 1.29 is 47.1 Å². The van der Waals surface area contributed by atoms with Crippen molar-refractivity contribution >= 4 is 11.9 Å². The minimum atomic E-state index is -1.11. The molecule has 2 aromatic rings. The van der Waals surface area contributed by atoms with Crippen LogP contribution in [0.15, 0.2) is 36.4 Å². The molecule has 0 aliphatic carbocycles. The topological polar surface area (TPSA) is 115 Å². The van der Waals surface area contributed by atoms with Crippen LogP contribution < -0.4 is 0 Å². The maximum atomic E-state index is 10.6. The molecule has 2 aromatic carbocycles. The predicted molar refractivity (Wildman–Crippen MR) is 108 cm³/mol. The Labute approximate surface area is 181 Å². The van der Waals surface area contributed by atoms with E-state index >= 15 is 0 Å². The van der Waals surface area contributed by atoms with E-state index in [-0.39, 0.29) is 50.5 Å². The van der Waals surface area contributed by atoms with Gasteiger partial charge in [0.25, 0.3) is 0 Å². The number of carboxylic acid groups (broad SMARTS) is 2. The van der Waals surface area contributed by atoms with Gasteiger partial charge in [-0.25, -0.2) is 9.59 Å². The maximum absolute atomic E-state index is 10.6. The number of benzene rings is 2. The smallest absolute Gasteiger partial charge is 0.339 e. The van der Waals surface area contributed by atoms with E-state index in [0.717, 1.165) is 11.1 Å². The molecule has 0 atom stereocenters. The Balaban J connectivity index is 0.000000523. The molecule has 0 amide bonds. The van der Waals surface area contributed by atoms with Gasteiger partial charge in [-0.05, 0) is 46.2 Å². The number of hydrogen-bond acceptors (Lipinski definition) is 4. The maximum Gasteiger partial charge on any atom is 0.339 e. The molecule has 0 unspecified atom stereocenters. The van der Waals surface area contributed by atoms with Gasteiger partial charge < -0.3 is 20.4 Å². The summed E-state index contributed by atoms with van der Waals surface area (Å²) >= 11 is 0. The van der Waals surface area contributed by atoms with Gasteiger partial charge in [-0.2, -0.15) is 0 Å². The van der Waals surface area contributed by atoms with Crippen molar-refractivity contribution in [2.45, 2.75) is 52.4 Å². The molecular formula is C22H28CuO6. The first kappa shape index (κ1) is 26.5. The summed E-state index contributed by atoms with van der Waals surface area (Å²) in [5.74, 6) is -2.57. The van der Waals surface area contributed by atoms with Crippen LogP contribution in [0.2, 0.25) is 0 Å². The Morgan fingerprint density at radius 3 is 1.10 bits per heavy atom. The molecule has 0 spiro atoms. The van der Waals surface area contributed by atoms with Crippen LogP contribution in [0, 0.1) is 0 Å². The number of rotatable bonds is 2. The fourth-order valence-electron chi connectivity index (χ4n) is 2.36. The first-order valence-corrected chi connectivity index (χ1v) is 8.78. The molecule has 0 aliphatic rings. The number of hydrogen-bond donors (Lipinski definition) is 4. The van der Waals surface area contributed by atoms with Gasteiger partial charge in [-0.15, -0.1) is 0 Å². The Morgan fingerprint density at radius 2 is 0.931 bits per heavy atom. The average molecular weight is 452 g/mol. The summed E-state index contributed by atoms with van der Waals surface area (Å²) in [4.78, 5) is 21.2. The Kier molecular flexibility index (Phi) is 8.96. The fourth-order valence-corrected chi connectivity index (χ4v) is 2.36. The van der Waals surface area contributed by atoms with E-state index in [0.29, 0.717) is 0 Å². The van der Waals surface area contributed by atoms with Crippen LogP contribution in [0.5, 0.6) is 11.5 Å². The van der Waals surface area contributed by atoms with Crippen molar-refractivity contribution in [3.8, 4) is 11.5 Å². The zero-order valence-corrected chi connectivity index (χ0v) is 18.3. The van der Waals surface area contributed by atoms with Crippen LogP contribution in [0.25, 0.3) is 0 Å². The second-order valence-electron chi connectivity index (χ2n) is 8.57. The molecule has 29 heavy (non-hydrogen) atoms. The summed E-state index contributed by atoms with van der Waals surface area (Å²) < 4.78 is 0. The second-order valence-corrected chi connectivity index (χ2v) is 8.57. The molecule has 0 saturated heterocycles. The summed E-state index contributed by atoms with van der Waals surface area (Å²) in [6, 6.07) is 9.32. The molecule has 0 saturated carbocycles. The summed E-state index contributed by atoms with van der Waals surface area (Å²) in [6.45, 7) is 12.0. The first-order chi connectivity index (χ1) is 12.6. The molecule has 4 N–H and O–H groups in total. The second kappa shape index (κ2) is 9.81. The van der Waals surface area contributed by atoms with Crippen LogP contribution in [-0.2, 0) is 27.9 Å². The molecule has 0 aromatic heterocycles. The van der Waals surface area contributed by atoms with E-state index in [1.807, 2.05) is 41.5 Å². The van der Waals surface area contributed by atoms with E-state index < -0.39 is 11.9 Å². The van der Waals surface area contributed by atoms with Crippen molar-refractivity contribution in [2.24, 2.45) is 0 Å². The van der Waals surface area contributed by atoms with Gasteiger partial charge in [0.15, 0.2) is 0 Å². The molecule has 2 rings (SSSR count). The van der Waals surface area contributed by atoms with Crippen molar-refractivity contribution in [3.63, 3.8) is 0 Å². The van der Waals surface area contributed by atoms with Gasteiger partial charge in [0, 0.05) is 17.1 Å². The normalized spacial score (nSPS) is 11.0. The molecule has 163 valence electrons. The van der Waals surface area contributed by atoms with E-state index in [1.54, 1.807) is 12.1 Å². The third-order valence-electron chi connectivity index (χ3n) is 4.19. The Morgan fingerprint density at radius 1 is 0.655 bits per heavy atom. The molecule has 0 aliphatic heterocycles. The molecule has 0 heterocycles.